The van der Waals surface area contributed by atoms with Crippen LogP contribution in [0.1, 0.15) is 30.9 Å². The number of hydrogen-bond acceptors (Lipinski definition) is 8. The van der Waals surface area contributed by atoms with Crippen molar-refractivity contribution in [3.05, 3.63) is 96.6 Å². The molecule has 1 amide bonds. The number of amides is 1. The molecule has 206 valence electrons. The molecule has 1 fully saturated rings. The Morgan fingerprint density at radius 1 is 0.975 bits per heavy atom. The molecule has 2 N–H and O–H groups in total. The van der Waals surface area contributed by atoms with Crippen LogP contribution >= 0.6 is 0 Å². The molecule has 0 saturated carbocycles. The molecule has 9 nitrogen and oxygen atoms in total. The Morgan fingerprint density at radius 3 is 2.58 bits per heavy atom. The van der Waals surface area contributed by atoms with Crippen LogP contribution in [0.15, 0.2) is 85.5 Å². The highest BCUT2D eigenvalue weighted by Crippen LogP contribution is 2.30. The topological polar surface area (TPSA) is 102 Å². The summed E-state index contributed by atoms with van der Waals surface area (Å²) in [5.74, 6) is 2.97. The fraction of sp³-hybridized carbons (Fsp3) is 0.290. The summed E-state index contributed by atoms with van der Waals surface area (Å²) < 4.78 is 12.1. The highest BCUT2D eigenvalue weighted by molar-refractivity contribution is 5.78. The molecular formula is C31H34N6O3. The van der Waals surface area contributed by atoms with Crippen LogP contribution in [-0.4, -0.2) is 46.7 Å². The number of pyridine rings is 1. The van der Waals surface area contributed by atoms with Gasteiger partial charge in [-0.05, 0) is 67.3 Å². The van der Waals surface area contributed by atoms with E-state index in [4.69, 9.17) is 14.5 Å². The molecule has 0 spiro atoms. The lowest BCUT2D eigenvalue weighted by molar-refractivity contribution is -0.120. The van der Waals surface area contributed by atoms with Crippen molar-refractivity contribution in [1.29, 1.82) is 0 Å². The number of rotatable bonds is 11. The number of aromatic nitrogens is 3. The normalized spacial score (nSPS) is 14.8. The number of nitrogens with zero attached hydrogens (tertiary/aromatic N) is 4. The third kappa shape index (κ3) is 7.47. The van der Waals surface area contributed by atoms with Gasteiger partial charge in [-0.3, -0.25) is 14.8 Å². The molecule has 5 rings (SSSR count). The molecule has 3 heterocycles. The van der Waals surface area contributed by atoms with Crippen molar-refractivity contribution < 1.29 is 14.3 Å². The summed E-state index contributed by atoms with van der Waals surface area (Å²) in [5, 5.41) is 6.27. The van der Waals surface area contributed by atoms with Gasteiger partial charge >= 0.3 is 0 Å². The fourth-order valence-corrected chi connectivity index (χ4v) is 4.62. The Morgan fingerprint density at radius 2 is 1.77 bits per heavy atom. The first-order chi connectivity index (χ1) is 19.7. The van der Waals surface area contributed by atoms with Gasteiger partial charge in [0.2, 0.25) is 5.91 Å². The molecule has 1 saturated heterocycles. The van der Waals surface area contributed by atoms with Crippen LogP contribution in [0.2, 0.25) is 0 Å². The van der Waals surface area contributed by atoms with Crippen molar-refractivity contribution in [2.24, 2.45) is 0 Å². The molecule has 1 atom stereocenters. The minimum atomic E-state index is -0.0266. The van der Waals surface area contributed by atoms with Crippen LogP contribution in [0.4, 0.5) is 17.3 Å². The molecular weight excluding hydrogens is 504 g/mol. The number of ether oxygens (including phenoxy) is 2. The van der Waals surface area contributed by atoms with Crippen molar-refractivity contribution in [1.82, 2.24) is 20.3 Å². The lowest BCUT2D eigenvalue weighted by atomic mass is 10.1. The molecule has 0 radical (unpaired) electrons. The number of benzene rings is 2. The van der Waals surface area contributed by atoms with Crippen LogP contribution in [0.25, 0.3) is 0 Å². The molecule has 1 aliphatic heterocycles. The van der Waals surface area contributed by atoms with Gasteiger partial charge in [0.15, 0.2) is 17.3 Å². The van der Waals surface area contributed by atoms with Crippen LogP contribution in [0.5, 0.6) is 11.5 Å². The molecule has 4 aromatic rings. The van der Waals surface area contributed by atoms with E-state index in [2.05, 4.69) is 25.5 Å². The van der Waals surface area contributed by atoms with Crippen LogP contribution < -0.4 is 25.0 Å². The molecule has 1 aliphatic rings. The van der Waals surface area contributed by atoms with E-state index in [0.29, 0.717) is 25.4 Å². The predicted molar refractivity (Wildman–Crippen MR) is 155 cm³/mol. The summed E-state index contributed by atoms with van der Waals surface area (Å²) in [6, 6.07) is 19.4. The van der Waals surface area contributed by atoms with E-state index >= 15 is 0 Å². The summed E-state index contributed by atoms with van der Waals surface area (Å²) in [6.45, 7) is 4.66. The van der Waals surface area contributed by atoms with Gasteiger partial charge in [0.05, 0.1) is 32.0 Å². The second kappa shape index (κ2) is 13.4. The standard InChI is InChI=1S/C31H34N6O3/c1-2-39-27-7-3-4-8-28(27)40-26-6-5-17-37(22-26)30-21-33-20-29(36-30)35-25-11-9-23(10-12-25)18-31(38)34-19-24-13-15-32-16-14-24/h3-4,7-16,20-21,26H,2,5-6,17-19,22H2,1H3,(H,34,38)(H,35,36)/t26-/m1/s1. The fourth-order valence-electron chi connectivity index (χ4n) is 4.62. The zero-order valence-corrected chi connectivity index (χ0v) is 22.6. The summed E-state index contributed by atoms with van der Waals surface area (Å²) in [7, 11) is 0. The van der Waals surface area contributed by atoms with Crippen LogP contribution in [0, 0.1) is 0 Å². The summed E-state index contributed by atoms with van der Waals surface area (Å²) >= 11 is 0. The van der Waals surface area contributed by atoms with Gasteiger partial charge in [-0.15, -0.1) is 0 Å². The van der Waals surface area contributed by atoms with Crippen molar-refractivity contribution in [3.63, 3.8) is 0 Å². The van der Waals surface area contributed by atoms with E-state index in [1.54, 1.807) is 24.8 Å². The van der Waals surface area contributed by atoms with E-state index in [1.807, 2.05) is 67.6 Å². The molecule has 2 aromatic heterocycles. The largest absolute Gasteiger partial charge is 0.490 e. The van der Waals surface area contributed by atoms with Gasteiger partial charge in [0.1, 0.15) is 11.9 Å². The van der Waals surface area contributed by atoms with E-state index in [0.717, 1.165) is 60.1 Å². The molecule has 0 bridgehead atoms. The maximum atomic E-state index is 12.3. The summed E-state index contributed by atoms with van der Waals surface area (Å²) in [4.78, 5) is 27.8. The van der Waals surface area contributed by atoms with Gasteiger partial charge in [-0.1, -0.05) is 24.3 Å². The molecule has 40 heavy (non-hydrogen) atoms. The maximum Gasteiger partial charge on any atom is 0.224 e. The zero-order valence-electron chi connectivity index (χ0n) is 22.6. The Kier molecular flexibility index (Phi) is 9.03. The average molecular weight is 539 g/mol. The Bertz CT molecular complexity index is 1380. The smallest absolute Gasteiger partial charge is 0.224 e. The first-order valence-electron chi connectivity index (χ1n) is 13.6. The van der Waals surface area contributed by atoms with Crippen LogP contribution in [0.3, 0.4) is 0 Å². The summed E-state index contributed by atoms with van der Waals surface area (Å²) in [6.07, 6.45) is 9.24. The van der Waals surface area contributed by atoms with E-state index in [9.17, 15) is 4.79 Å². The highest BCUT2D eigenvalue weighted by atomic mass is 16.5. The second-order valence-corrected chi connectivity index (χ2v) is 9.60. The van der Waals surface area contributed by atoms with Gasteiger partial charge < -0.3 is 25.0 Å². The number of carbonyl (C=O) groups excluding carboxylic acids is 1. The first kappa shape index (κ1) is 26.9. The number of hydrogen-bond donors (Lipinski definition) is 2. The monoisotopic (exact) mass is 538 g/mol. The lowest BCUT2D eigenvalue weighted by Crippen LogP contribution is -2.41. The number of carbonyl (C=O) groups is 1. The molecule has 0 aliphatic carbocycles. The van der Waals surface area contributed by atoms with E-state index in [1.165, 1.54) is 0 Å². The number of para-hydroxylation sites is 2. The minimum Gasteiger partial charge on any atom is -0.490 e. The number of anilines is 3. The maximum absolute atomic E-state index is 12.3. The van der Waals surface area contributed by atoms with Crippen molar-refractivity contribution in [2.75, 3.05) is 29.9 Å². The van der Waals surface area contributed by atoms with Crippen molar-refractivity contribution in [2.45, 2.75) is 38.8 Å². The third-order valence-electron chi connectivity index (χ3n) is 6.60. The average Bonchev–Trinajstić information content (AvgIpc) is 2.99. The zero-order chi connectivity index (χ0) is 27.6. The highest BCUT2D eigenvalue weighted by Gasteiger charge is 2.24. The minimum absolute atomic E-state index is 0.0266. The van der Waals surface area contributed by atoms with Crippen molar-refractivity contribution >= 4 is 23.2 Å². The van der Waals surface area contributed by atoms with E-state index in [-0.39, 0.29) is 12.0 Å². The Balaban J connectivity index is 1.15. The Hall–Kier alpha value is -4.66. The third-order valence-corrected chi connectivity index (χ3v) is 6.60. The van der Waals surface area contributed by atoms with Crippen LogP contribution in [-0.2, 0) is 17.8 Å². The van der Waals surface area contributed by atoms with Gasteiger partial charge in [-0.25, -0.2) is 4.98 Å². The van der Waals surface area contributed by atoms with Gasteiger partial charge in [0.25, 0.3) is 0 Å². The quantitative estimate of drug-likeness (QED) is 0.278. The number of piperidine rings is 1. The molecule has 9 heteroatoms. The lowest BCUT2D eigenvalue weighted by Gasteiger charge is -2.33. The predicted octanol–water partition coefficient (Wildman–Crippen LogP) is 4.92. The number of nitrogens with one attached hydrogen (secondary N) is 2. The molecule has 0 unspecified atom stereocenters. The summed E-state index contributed by atoms with van der Waals surface area (Å²) in [5.41, 5.74) is 2.83. The second-order valence-electron chi connectivity index (χ2n) is 9.60. The van der Waals surface area contributed by atoms with Gasteiger partial charge in [0, 0.05) is 31.2 Å². The molecule has 2 aromatic carbocycles. The first-order valence-corrected chi connectivity index (χ1v) is 13.6. The van der Waals surface area contributed by atoms with E-state index < -0.39 is 0 Å². The van der Waals surface area contributed by atoms with Crippen molar-refractivity contribution in [3.8, 4) is 11.5 Å². The Labute approximate surface area is 234 Å². The van der Waals surface area contributed by atoms with Gasteiger partial charge in [-0.2, -0.15) is 0 Å². The SMILES string of the molecule is CCOc1ccccc1O[C@@H]1CCCN(c2cncc(Nc3ccc(CC(=O)NCc4ccncc4)cc3)n2)C1.